The molecule has 0 aliphatic carbocycles. The van der Waals surface area contributed by atoms with Crippen molar-refractivity contribution >= 4 is 28.7 Å². The van der Waals surface area contributed by atoms with Crippen molar-refractivity contribution in [2.24, 2.45) is 0 Å². The molecule has 0 radical (unpaired) electrons. The van der Waals surface area contributed by atoms with Crippen molar-refractivity contribution in [2.45, 2.75) is 6.92 Å². The predicted molar refractivity (Wildman–Crippen MR) is 119 cm³/mol. The highest BCUT2D eigenvalue weighted by Gasteiger charge is 2.15. The number of benzene rings is 2. The molecule has 1 heterocycles. The normalized spacial score (nSPS) is 10.2. The summed E-state index contributed by atoms with van der Waals surface area (Å²) in [5.41, 5.74) is 10.8. The van der Waals surface area contributed by atoms with Crippen molar-refractivity contribution in [3.05, 3.63) is 82.7 Å². The Morgan fingerprint density at radius 2 is 1.97 bits per heavy atom. The Hall–Kier alpha value is -4.18. The lowest BCUT2D eigenvalue weighted by Crippen LogP contribution is -2.16. The number of hydrogen-bond donors (Lipinski definition) is 3. The number of carbonyl (C=O) groups is 1. The highest BCUT2D eigenvalue weighted by Crippen LogP contribution is 2.24. The van der Waals surface area contributed by atoms with E-state index in [1.807, 2.05) is 49.3 Å². The quantitative estimate of drug-likeness (QED) is 0.448. The molecular weight excluding hydrogens is 376 g/mol. The molecule has 0 aliphatic rings. The van der Waals surface area contributed by atoms with Gasteiger partial charge in [0, 0.05) is 48.5 Å². The second kappa shape index (κ2) is 8.45. The first-order chi connectivity index (χ1) is 14.3. The van der Waals surface area contributed by atoms with Gasteiger partial charge in [0.1, 0.15) is 11.8 Å². The van der Waals surface area contributed by atoms with Crippen molar-refractivity contribution < 1.29 is 4.79 Å². The fourth-order valence-electron chi connectivity index (χ4n) is 3.01. The molecule has 0 spiro atoms. The monoisotopic (exact) mass is 398 g/mol. The van der Waals surface area contributed by atoms with Crippen molar-refractivity contribution in [3.8, 4) is 6.07 Å². The molecule has 0 bridgehead atoms. The smallest absolute Gasteiger partial charge is 0.274 e. The van der Waals surface area contributed by atoms with E-state index in [1.165, 1.54) is 6.20 Å². The Morgan fingerprint density at radius 3 is 2.63 bits per heavy atom. The van der Waals surface area contributed by atoms with Crippen molar-refractivity contribution in [1.29, 1.82) is 10.7 Å². The van der Waals surface area contributed by atoms with Crippen LogP contribution in [0.4, 0.5) is 17.1 Å². The lowest BCUT2D eigenvalue weighted by atomic mass is 9.99. The molecule has 7 heteroatoms. The molecule has 0 saturated carbocycles. The zero-order valence-corrected chi connectivity index (χ0v) is 17.0. The van der Waals surface area contributed by atoms with Gasteiger partial charge < -0.3 is 16.0 Å². The van der Waals surface area contributed by atoms with E-state index in [1.54, 1.807) is 31.2 Å². The minimum Gasteiger partial charge on any atom is -0.398 e. The van der Waals surface area contributed by atoms with Gasteiger partial charge in [0.25, 0.3) is 5.91 Å². The lowest BCUT2D eigenvalue weighted by molar-refractivity contribution is 0.102. The number of aryl methyl sites for hydroxylation is 1. The summed E-state index contributed by atoms with van der Waals surface area (Å²) in [4.78, 5) is 18.7. The highest BCUT2D eigenvalue weighted by molar-refractivity contribution is 6.15. The molecule has 0 fully saturated rings. The third-order valence-electron chi connectivity index (χ3n) is 4.65. The molecule has 30 heavy (non-hydrogen) atoms. The Bertz CT molecular complexity index is 1180. The third kappa shape index (κ3) is 4.28. The number of carbonyl (C=O) groups excluding carboxylic acids is 1. The first-order valence-electron chi connectivity index (χ1n) is 9.24. The highest BCUT2D eigenvalue weighted by atomic mass is 16.1. The first kappa shape index (κ1) is 20.6. The summed E-state index contributed by atoms with van der Waals surface area (Å²) in [6.45, 7) is 1.73. The maximum Gasteiger partial charge on any atom is 0.274 e. The van der Waals surface area contributed by atoms with Crippen LogP contribution < -0.4 is 16.0 Å². The number of aromatic nitrogens is 1. The van der Waals surface area contributed by atoms with Gasteiger partial charge in [0.15, 0.2) is 0 Å². The molecular formula is C23H22N6O. The van der Waals surface area contributed by atoms with E-state index in [-0.39, 0.29) is 11.4 Å². The third-order valence-corrected chi connectivity index (χ3v) is 4.65. The second-order valence-electron chi connectivity index (χ2n) is 7.08. The van der Waals surface area contributed by atoms with E-state index in [4.69, 9.17) is 16.4 Å². The van der Waals surface area contributed by atoms with Crippen molar-refractivity contribution in [2.75, 3.05) is 30.0 Å². The summed E-state index contributed by atoms with van der Waals surface area (Å²) in [7, 11) is 3.87. The van der Waals surface area contributed by atoms with Gasteiger partial charge >= 0.3 is 0 Å². The molecule has 1 aromatic heterocycles. The van der Waals surface area contributed by atoms with Gasteiger partial charge in [-0.2, -0.15) is 5.26 Å². The lowest BCUT2D eigenvalue weighted by Gasteiger charge is -2.15. The first-order valence-corrected chi connectivity index (χ1v) is 9.24. The number of pyridine rings is 1. The molecule has 0 atom stereocenters. The fourth-order valence-corrected chi connectivity index (χ4v) is 3.01. The van der Waals surface area contributed by atoms with Gasteiger partial charge in [-0.05, 0) is 48.9 Å². The SMILES string of the molecule is Cc1cc(C#N)cnc1C(=O)Nc1ccc(N)c(C(=N)c2cccc(N(C)C)c2)c1. The molecule has 1 amide bonds. The topological polar surface area (TPSA) is 119 Å². The van der Waals surface area contributed by atoms with Crippen LogP contribution >= 0.6 is 0 Å². The number of nitrogens with zero attached hydrogens (tertiary/aromatic N) is 3. The number of nitrogens with one attached hydrogen (secondary N) is 2. The number of anilines is 3. The largest absolute Gasteiger partial charge is 0.398 e. The summed E-state index contributed by atoms with van der Waals surface area (Å²) in [5, 5.41) is 20.4. The minimum atomic E-state index is -0.395. The van der Waals surface area contributed by atoms with Gasteiger partial charge in [-0.15, -0.1) is 0 Å². The number of rotatable bonds is 5. The van der Waals surface area contributed by atoms with E-state index in [2.05, 4.69) is 10.3 Å². The molecule has 0 unspecified atom stereocenters. The van der Waals surface area contributed by atoms with E-state index in [9.17, 15) is 4.79 Å². The van der Waals surface area contributed by atoms with Crippen LogP contribution in [0.2, 0.25) is 0 Å². The number of nitrogen functional groups attached to an aromatic ring is 1. The van der Waals surface area contributed by atoms with Crippen LogP contribution in [0.25, 0.3) is 0 Å². The zero-order chi connectivity index (χ0) is 21.8. The van der Waals surface area contributed by atoms with Crippen LogP contribution in [0, 0.1) is 23.7 Å². The second-order valence-corrected chi connectivity index (χ2v) is 7.08. The van der Waals surface area contributed by atoms with Gasteiger partial charge in [0.05, 0.1) is 11.3 Å². The number of amides is 1. The molecule has 3 rings (SSSR count). The van der Waals surface area contributed by atoms with Crippen LogP contribution in [0.15, 0.2) is 54.7 Å². The Kier molecular flexibility index (Phi) is 5.79. The Morgan fingerprint density at radius 1 is 1.20 bits per heavy atom. The van der Waals surface area contributed by atoms with Crippen LogP contribution in [0.5, 0.6) is 0 Å². The Labute approximate surface area is 175 Å². The molecule has 0 saturated heterocycles. The number of nitrogens with two attached hydrogens (primary N) is 1. The van der Waals surface area contributed by atoms with E-state index in [0.29, 0.717) is 28.1 Å². The summed E-state index contributed by atoms with van der Waals surface area (Å²) in [5.74, 6) is -0.395. The summed E-state index contributed by atoms with van der Waals surface area (Å²) >= 11 is 0. The average Bonchev–Trinajstić information content (AvgIpc) is 2.74. The maximum absolute atomic E-state index is 12.6. The molecule has 150 valence electrons. The van der Waals surface area contributed by atoms with E-state index in [0.717, 1.165) is 11.3 Å². The van der Waals surface area contributed by atoms with Gasteiger partial charge in [-0.3, -0.25) is 10.2 Å². The average molecular weight is 398 g/mol. The molecule has 3 aromatic rings. The van der Waals surface area contributed by atoms with Crippen LogP contribution in [-0.2, 0) is 0 Å². The summed E-state index contributed by atoms with van der Waals surface area (Å²) in [6, 6.07) is 16.3. The fraction of sp³-hybridized carbons (Fsp3) is 0.130. The summed E-state index contributed by atoms with van der Waals surface area (Å²) in [6.07, 6.45) is 1.36. The molecule has 0 aliphatic heterocycles. The molecule has 7 nitrogen and oxygen atoms in total. The van der Waals surface area contributed by atoms with Gasteiger partial charge in [-0.25, -0.2) is 4.98 Å². The minimum absolute atomic E-state index is 0.237. The number of hydrogen-bond acceptors (Lipinski definition) is 6. The zero-order valence-electron chi connectivity index (χ0n) is 17.0. The van der Waals surface area contributed by atoms with E-state index < -0.39 is 5.91 Å². The van der Waals surface area contributed by atoms with Crippen LogP contribution in [0.3, 0.4) is 0 Å². The van der Waals surface area contributed by atoms with Crippen molar-refractivity contribution in [1.82, 2.24) is 4.98 Å². The van der Waals surface area contributed by atoms with Gasteiger partial charge in [-0.1, -0.05) is 12.1 Å². The van der Waals surface area contributed by atoms with E-state index >= 15 is 0 Å². The maximum atomic E-state index is 12.6. The standard InChI is InChI=1S/C23H22N6O/c1-14-9-15(12-24)13-27-22(14)23(30)28-17-7-8-20(25)19(11-17)21(26)16-5-4-6-18(10-16)29(2)3/h4-11,13,26H,25H2,1-3H3,(H,28,30). The van der Waals surface area contributed by atoms with Gasteiger partial charge in [0.2, 0.25) is 0 Å². The number of nitriles is 1. The molecule has 2 aromatic carbocycles. The van der Waals surface area contributed by atoms with Crippen molar-refractivity contribution in [3.63, 3.8) is 0 Å². The molecule has 4 N–H and O–H groups in total. The van der Waals surface area contributed by atoms with Crippen LogP contribution in [-0.4, -0.2) is 30.7 Å². The Balaban J connectivity index is 1.88. The predicted octanol–water partition coefficient (Wildman–Crippen LogP) is 3.58. The van der Waals surface area contributed by atoms with Crippen LogP contribution in [0.1, 0.15) is 32.7 Å². The summed E-state index contributed by atoms with van der Waals surface area (Å²) < 4.78 is 0.